The zero-order valence-electron chi connectivity index (χ0n) is 10.1. The Kier molecular flexibility index (Phi) is 4.33. The van der Waals surface area contributed by atoms with E-state index in [0.717, 1.165) is 21.4 Å². The topological polar surface area (TPSA) is 45.1 Å². The minimum absolute atomic E-state index is 0.480. The molecule has 2 aromatic rings. The number of aliphatic hydroxyl groups excluding tert-OH is 1. The van der Waals surface area contributed by atoms with Crippen LogP contribution in [-0.4, -0.2) is 10.1 Å². The molecule has 1 aromatic heterocycles. The minimum atomic E-state index is -0.480. The van der Waals surface area contributed by atoms with Gasteiger partial charge in [-0.15, -0.1) is 0 Å². The van der Waals surface area contributed by atoms with Gasteiger partial charge in [0.05, 0.1) is 18.3 Å². The van der Waals surface area contributed by atoms with Crippen LogP contribution < -0.4 is 5.32 Å². The first-order chi connectivity index (χ1) is 8.66. The van der Waals surface area contributed by atoms with Gasteiger partial charge in [0.25, 0.3) is 0 Å². The zero-order valence-corrected chi connectivity index (χ0v) is 11.7. The fourth-order valence-electron chi connectivity index (χ4n) is 1.72. The molecule has 0 spiro atoms. The number of para-hydroxylation sites is 1. The second-order valence-electron chi connectivity index (χ2n) is 4.08. The SMILES string of the molecule is CC(O)c1ccccc1NCc1ccc(Br)cn1. The standard InChI is InChI=1S/C14H15BrN2O/c1-10(18)13-4-2-3-5-14(13)17-9-12-7-6-11(15)8-16-12/h2-8,10,17-18H,9H2,1H3. The van der Waals surface area contributed by atoms with E-state index in [1.165, 1.54) is 0 Å². The Hall–Kier alpha value is -1.39. The minimum Gasteiger partial charge on any atom is -0.389 e. The van der Waals surface area contributed by atoms with Crippen LogP contribution in [0.1, 0.15) is 24.3 Å². The van der Waals surface area contributed by atoms with Crippen LogP contribution in [0.5, 0.6) is 0 Å². The Morgan fingerprint density at radius 3 is 2.72 bits per heavy atom. The fraction of sp³-hybridized carbons (Fsp3) is 0.214. The summed E-state index contributed by atoms with van der Waals surface area (Å²) in [4.78, 5) is 4.30. The molecule has 0 saturated carbocycles. The molecular weight excluding hydrogens is 292 g/mol. The Labute approximate surface area is 115 Å². The smallest absolute Gasteiger partial charge is 0.0781 e. The highest BCUT2D eigenvalue weighted by molar-refractivity contribution is 9.10. The number of hydrogen-bond donors (Lipinski definition) is 2. The van der Waals surface area contributed by atoms with Crippen LogP contribution in [0.4, 0.5) is 5.69 Å². The third-order valence-corrected chi connectivity index (χ3v) is 3.13. The first-order valence-corrected chi connectivity index (χ1v) is 6.57. The van der Waals surface area contributed by atoms with Crippen molar-refractivity contribution in [3.8, 4) is 0 Å². The van der Waals surface area contributed by atoms with Crippen LogP contribution in [0, 0.1) is 0 Å². The molecular formula is C14H15BrN2O. The number of halogens is 1. The maximum atomic E-state index is 9.68. The van der Waals surface area contributed by atoms with E-state index in [-0.39, 0.29) is 0 Å². The molecule has 94 valence electrons. The van der Waals surface area contributed by atoms with E-state index >= 15 is 0 Å². The van der Waals surface area contributed by atoms with Crippen LogP contribution >= 0.6 is 15.9 Å². The molecule has 1 heterocycles. The number of anilines is 1. The van der Waals surface area contributed by atoms with E-state index in [2.05, 4.69) is 26.2 Å². The van der Waals surface area contributed by atoms with Crippen molar-refractivity contribution in [3.05, 3.63) is 58.3 Å². The summed E-state index contributed by atoms with van der Waals surface area (Å²) in [6.07, 6.45) is 1.30. The number of aliphatic hydroxyl groups is 1. The zero-order chi connectivity index (χ0) is 13.0. The third kappa shape index (κ3) is 3.31. The highest BCUT2D eigenvalue weighted by Gasteiger charge is 2.06. The number of hydrogen-bond acceptors (Lipinski definition) is 3. The summed E-state index contributed by atoms with van der Waals surface area (Å²) in [7, 11) is 0. The van der Waals surface area contributed by atoms with Crippen LogP contribution in [0.15, 0.2) is 47.1 Å². The van der Waals surface area contributed by atoms with Crippen molar-refractivity contribution in [2.75, 3.05) is 5.32 Å². The van der Waals surface area contributed by atoms with Crippen molar-refractivity contribution in [2.45, 2.75) is 19.6 Å². The largest absolute Gasteiger partial charge is 0.389 e. The number of aromatic nitrogens is 1. The van der Waals surface area contributed by atoms with Crippen molar-refractivity contribution in [3.63, 3.8) is 0 Å². The second-order valence-corrected chi connectivity index (χ2v) is 5.00. The van der Waals surface area contributed by atoms with Gasteiger partial charge < -0.3 is 10.4 Å². The van der Waals surface area contributed by atoms with Gasteiger partial charge in [-0.25, -0.2) is 0 Å². The molecule has 0 aliphatic rings. The lowest BCUT2D eigenvalue weighted by Crippen LogP contribution is -2.05. The average Bonchev–Trinajstić information content (AvgIpc) is 2.38. The summed E-state index contributed by atoms with van der Waals surface area (Å²) in [6.45, 7) is 2.40. The first kappa shape index (κ1) is 13.1. The number of nitrogens with zero attached hydrogens (tertiary/aromatic N) is 1. The molecule has 1 aromatic carbocycles. The average molecular weight is 307 g/mol. The third-order valence-electron chi connectivity index (χ3n) is 2.66. The number of rotatable bonds is 4. The molecule has 0 bridgehead atoms. The Balaban J connectivity index is 2.08. The lowest BCUT2D eigenvalue weighted by Gasteiger charge is -2.13. The molecule has 2 N–H and O–H groups in total. The lowest BCUT2D eigenvalue weighted by molar-refractivity contribution is 0.200. The summed E-state index contributed by atoms with van der Waals surface area (Å²) in [5, 5.41) is 13.0. The van der Waals surface area contributed by atoms with Crippen molar-refractivity contribution < 1.29 is 5.11 Å². The van der Waals surface area contributed by atoms with E-state index in [1.807, 2.05) is 36.4 Å². The Morgan fingerprint density at radius 2 is 2.06 bits per heavy atom. The maximum Gasteiger partial charge on any atom is 0.0781 e. The normalized spacial score (nSPS) is 12.2. The van der Waals surface area contributed by atoms with Gasteiger partial charge in [0.15, 0.2) is 0 Å². The van der Waals surface area contributed by atoms with Crippen molar-refractivity contribution >= 4 is 21.6 Å². The molecule has 1 atom stereocenters. The Morgan fingerprint density at radius 1 is 1.28 bits per heavy atom. The molecule has 4 heteroatoms. The van der Waals surface area contributed by atoms with E-state index in [9.17, 15) is 5.11 Å². The molecule has 0 radical (unpaired) electrons. The molecule has 0 aliphatic heterocycles. The Bertz CT molecular complexity index is 511. The quantitative estimate of drug-likeness (QED) is 0.908. The molecule has 0 amide bonds. The molecule has 0 fully saturated rings. The fourth-order valence-corrected chi connectivity index (χ4v) is 1.95. The van der Waals surface area contributed by atoms with Gasteiger partial charge in [-0.3, -0.25) is 4.98 Å². The number of nitrogens with one attached hydrogen (secondary N) is 1. The van der Waals surface area contributed by atoms with Crippen molar-refractivity contribution in [1.29, 1.82) is 0 Å². The van der Waals surface area contributed by atoms with Crippen molar-refractivity contribution in [2.24, 2.45) is 0 Å². The van der Waals surface area contributed by atoms with Gasteiger partial charge in [0.1, 0.15) is 0 Å². The predicted octanol–water partition coefficient (Wildman–Crippen LogP) is 3.51. The van der Waals surface area contributed by atoms with E-state index in [4.69, 9.17) is 0 Å². The lowest BCUT2D eigenvalue weighted by atomic mass is 10.1. The van der Waals surface area contributed by atoms with Gasteiger partial charge in [0.2, 0.25) is 0 Å². The van der Waals surface area contributed by atoms with Gasteiger partial charge in [0, 0.05) is 21.9 Å². The highest BCUT2D eigenvalue weighted by atomic mass is 79.9. The van der Waals surface area contributed by atoms with Crippen LogP contribution in [0.25, 0.3) is 0 Å². The molecule has 3 nitrogen and oxygen atoms in total. The molecule has 18 heavy (non-hydrogen) atoms. The van der Waals surface area contributed by atoms with Gasteiger partial charge in [-0.05, 0) is 41.1 Å². The number of pyridine rings is 1. The van der Waals surface area contributed by atoms with Crippen LogP contribution in [0.3, 0.4) is 0 Å². The molecule has 2 rings (SSSR count). The van der Waals surface area contributed by atoms with E-state index in [1.54, 1.807) is 13.1 Å². The molecule has 0 saturated heterocycles. The van der Waals surface area contributed by atoms with Crippen molar-refractivity contribution in [1.82, 2.24) is 4.98 Å². The molecule has 0 aliphatic carbocycles. The van der Waals surface area contributed by atoms with E-state index in [0.29, 0.717) is 6.54 Å². The first-order valence-electron chi connectivity index (χ1n) is 5.78. The van der Waals surface area contributed by atoms with Crippen LogP contribution in [0.2, 0.25) is 0 Å². The summed E-state index contributed by atoms with van der Waals surface area (Å²) in [6, 6.07) is 11.7. The van der Waals surface area contributed by atoms with Crippen LogP contribution in [-0.2, 0) is 6.54 Å². The summed E-state index contributed by atoms with van der Waals surface area (Å²) in [5.74, 6) is 0. The maximum absolute atomic E-state index is 9.68. The summed E-state index contributed by atoms with van der Waals surface area (Å²) in [5.41, 5.74) is 2.80. The highest BCUT2D eigenvalue weighted by Crippen LogP contribution is 2.22. The number of benzene rings is 1. The summed E-state index contributed by atoms with van der Waals surface area (Å²) >= 11 is 3.36. The monoisotopic (exact) mass is 306 g/mol. The van der Waals surface area contributed by atoms with Gasteiger partial charge in [-0.1, -0.05) is 18.2 Å². The van der Waals surface area contributed by atoms with Gasteiger partial charge in [-0.2, -0.15) is 0 Å². The van der Waals surface area contributed by atoms with Gasteiger partial charge >= 0.3 is 0 Å². The summed E-state index contributed by atoms with van der Waals surface area (Å²) < 4.78 is 0.968. The van der Waals surface area contributed by atoms with E-state index < -0.39 is 6.10 Å². The predicted molar refractivity (Wildman–Crippen MR) is 76.3 cm³/mol. The second kappa shape index (κ2) is 5.98. The molecule has 1 unspecified atom stereocenters.